The number of carbonyl (C=O) groups is 1. The Morgan fingerprint density at radius 2 is 1.43 bits per heavy atom. The largest absolute Gasteiger partial charge is 0.478 e. The maximum Gasteiger partial charge on any atom is 0.330 e. The Balaban J connectivity index is 1.20. The van der Waals surface area contributed by atoms with Gasteiger partial charge < -0.3 is 5.11 Å². The molecule has 6 aliphatic rings. The van der Waals surface area contributed by atoms with Crippen molar-refractivity contribution in [3.63, 3.8) is 0 Å². The molecule has 6 fully saturated rings. The summed E-state index contributed by atoms with van der Waals surface area (Å²) < 4.78 is 0. The van der Waals surface area contributed by atoms with E-state index >= 15 is 0 Å². The summed E-state index contributed by atoms with van der Waals surface area (Å²) in [6.45, 7) is 3.97. The van der Waals surface area contributed by atoms with Gasteiger partial charge in [0.1, 0.15) is 0 Å². The van der Waals surface area contributed by atoms with Gasteiger partial charge in [-0.15, -0.1) is 0 Å². The maximum atomic E-state index is 11.6. The number of carboxylic acid groups (broad SMARTS) is 1. The van der Waals surface area contributed by atoms with Crippen LogP contribution >= 0.6 is 0 Å². The maximum absolute atomic E-state index is 11.6. The Morgan fingerprint density at radius 3 is 2.14 bits per heavy atom. The van der Waals surface area contributed by atoms with E-state index in [1.807, 2.05) is 0 Å². The molecule has 1 N–H and O–H groups in total. The first-order valence-electron chi connectivity index (χ1n) is 12.5. The molecular weight excluding hydrogens is 344 g/mol. The third kappa shape index (κ3) is 2.61. The minimum absolute atomic E-state index is 0.484. The molecule has 11 unspecified atom stereocenters. The molecule has 4 bridgehead atoms. The van der Waals surface area contributed by atoms with Gasteiger partial charge in [0.15, 0.2) is 0 Å². The topological polar surface area (TPSA) is 37.3 Å². The molecule has 0 saturated heterocycles. The predicted octanol–water partition coefficient (Wildman–Crippen LogP) is 6.17. The number of aliphatic carboxylic acids is 1. The second-order valence-corrected chi connectivity index (χ2v) is 11.8. The molecule has 0 amide bonds. The van der Waals surface area contributed by atoms with Gasteiger partial charge in [-0.3, -0.25) is 0 Å². The van der Waals surface area contributed by atoms with Crippen LogP contribution in [0.2, 0.25) is 0 Å². The van der Waals surface area contributed by atoms with Crippen LogP contribution in [-0.2, 0) is 4.79 Å². The zero-order chi connectivity index (χ0) is 19.0. The molecule has 0 spiro atoms. The minimum atomic E-state index is -0.754. The van der Waals surface area contributed by atoms with Crippen LogP contribution in [0.25, 0.3) is 0 Å². The van der Waals surface area contributed by atoms with E-state index in [9.17, 15) is 9.90 Å². The van der Waals surface area contributed by atoms with Crippen molar-refractivity contribution in [2.24, 2.45) is 65.1 Å². The van der Waals surface area contributed by atoms with E-state index in [2.05, 4.69) is 6.58 Å². The van der Waals surface area contributed by atoms with Crippen LogP contribution in [0.1, 0.15) is 77.0 Å². The van der Waals surface area contributed by atoms with Gasteiger partial charge >= 0.3 is 5.97 Å². The monoisotopic (exact) mass is 382 g/mol. The number of rotatable bonds is 6. The Hall–Kier alpha value is -0.790. The number of carboxylic acids is 1. The summed E-state index contributed by atoms with van der Waals surface area (Å²) in [6, 6.07) is 0. The van der Waals surface area contributed by atoms with Crippen molar-refractivity contribution in [1.82, 2.24) is 0 Å². The first kappa shape index (κ1) is 18.0. The van der Waals surface area contributed by atoms with E-state index in [0.717, 1.165) is 65.6 Å². The van der Waals surface area contributed by atoms with E-state index in [1.54, 1.807) is 0 Å². The van der Waals surface area contributed by atoms with Crippen molar-refractivity contribution in [3.8, 4) is 0 Å². The molecule has 6 rings (SSSR count). The molecule has 0 aromatic rings. The fourth-order valence-electron chi connectivity index (χ4n) is 10.3. The lowest BCUT2D eigenvalue weighted by atomic mass is 9.65. The fourth-order valence-corrected chi connectivity index (χ4v) is 10.3. The standard InChI is InChI=1S/C26H38O2/c1-14(26(27)28)8-15(24-12-18-13-25(24)22-7-3-5-20(18)22)9-16-10-17-11-23(16)21-6-2-4-19(17)21/h15-25H,1-13H2,(H,27,28). The lowest BCUT2D eigenvalue weighted by Gasteiger charge is -2.40. The van der Waals surface area contributed by atoms with Gasteiger partial charge in [0, 0.05) is 5.57 Å². The third-order valence-electron chi connectivity index (χ3n) is 11.1. The molecule has 154 valence electrons. The molecule has 0 aliphatic heterocycles. The van der Waals surface area contributed by atoms with Crippen LogP contribution in [0.5, 0.6) is 0 Å². The first-order valence-corrected chi connectivity index (χ1v) is 12.5. The van der Waals surface area contributed by atoms with Crippen molar-refractivity contribution >= 4 is 5.97 Å². The van der Waals surface area contributed by atoms with Gasteiger partial charge in [-0.25, -0.2) is 4.79 Å². The molecule has 0 aromatic heterocycles. The molecule has 28 heavy (non-hydrogen) atoms. The second kappa shape index (κ2) is 6.61. The Bertz CT molecular complexity index is 667. The highest BCUT2D eigenvalue weighted by atomic mass is 16.4. The molecule has 11 atom stereocenters. The van der Waals surface area contributed by atoms with Crippen molar-refractivity contribution in [3.05, 3.63) is 12.2 Å². The van der Waals surface area contributed by atoms with Crippen molar-refractivity contribution in [1.29, 1.82) is 0 Å². The SMILES string of the molecule is C=C(CC(CC1CC2CC1C1CCCC21)C1CC2CC1C1CCCC21)C(=O)O. The second-order valence-electron chi connectivity index (χ2n) is 11.8. The van der Waals surface area contributed by atoms with Gasteiger partial charge in [-0.2, -0.15) is 0 Å². The van der Waals surface area contributed by atoms with Crippen LogP contribution in [0, 0.1) is 65.1 Å². The Kier molecular flexibility index (Phi) is 4.25. The zero-order valence-electron chi connectivity index (χ0n) is 17.4. The van der Waals surface area contributed by atoms with Crippen molar-refractivity contribution < 1.29 is 9.90 Å². The van der Waals surface area contributed by atoms with E-state index in [4.69, 9.17) is 0 Å². The zero-order valence-corrected chi connectivity index (χ0v) is 17.4. The predicted molar refractivity (Wildman–Crippen MR) is 111 cm³/mol. The molecule has 6 saturated carbocycles. The molecule has 2 heteroatoms. The summed E-state index contributed by atoms with van der Waals surface area (Å²) in [5.41, 5.74) is 0.484. The highest BCUT2D eigenvalue weighted by molar-refractivity contribution is 5.85. The van der Waals surface area contributed by atoms with E-state index in [-0.39, 0.29) is 0 Å². The van der Waals surface area contributed by atoms with Gasteiger partial charge in [-0.1, -0.05) is 19.4 Å². The average Bonchev–Trinajstić information content (AvgIpc) is 3.48. The van der Waals surface area contributed by atoms with Crippen molar-refractivity contribution in [2.75, 3.05) is 0 Å². The molecule has 0 radical (unpaired) electrons. The van der Waals surface area contributed by atoms with Crippen LogP contribution < -0.4 is 0 Å². The van der Waals surface area contributed by atoms with Crippen LogP contribution in [0.4, 0.5) is 0 Å². The number of fused-ring (bicyclic) bond motifs is 10. The van der Waals surface area contributed by atoms with Crippen LogP contribution in [0.3, 0.4) is 0 Å². The average molecular weight is 383 g/mol. The third-order valence-corrected chi connectivity index (χ3v) is 11.1. The van der Waals surface area contributed by atoms with Crippen molar-refractivity contribution in [2.45, 2.75) is 77.0 Å². The number of hydrogen-bond acceptors (Lipinski definition) is 1. The summed E-state index contributed by atoms with van der Waals surface area (Å²) >= 11 is 0. The van der Waals surface area contributed by atoms with Crippen LogP contribution in [-0.4, -0.2) is 11.1 Å². The van der Waals surface area contributed by atoms with E-state index < -0.39 is 5.97 Å². The first-order chi connectivity index (χ1) is 13.6. The van der Waals surface area contributed by atoms with Crippen LogP contribution in [0.15, 0.2) is 12.2 Å². The molecular formula is C26H38O2. The Morgan fingerprint density at radius 1 is 0.821 bits per heavy atom. The lowest BCUT2D eigenvalue weighted by molar-refractivity contribution is -0.133. The summed E-state index contributed by atoms with van der Waals surface area (Å²) in [4.78, 5) is 11.6. The molecule has 0 heterocycles. The highest BCUT2D eigenvalue weighted by Gasteiger charge is 2.57. The normalized spacial score (nSPS) is 51.4. The van der Waals surface area contributed by atoms with Gasteiger partial charge in [0.25, 0.3) is 0 Å². The van der Waals surface area contributed by atoms with Gasteiger partial charge in [0.2, 0.25) is 0 Å². The Labute approximate surface area is 170 Å². The summed E-state index contributed by atoms with van der Waals surface area (Å²) in [5.74, 6) is 9.57. The quantitative estimate of drug-likeness (QED) is 0.558. The van der Waals surface area contributed by atoms with Gasteiger partial charge in [-0.05, 0) is 129 Å². The molecule has 2 nitrogen and oxygen atoms in total. The minimum Gasteiger partial charge on any atom is -0.478 e. The fraction of sp³-hybridized carbons (Fsp3) is 0.885. The highest BCUT2D eigenvalue weighted by Crippen LogP contribution is 2.66. The summed E-state index contributed by atoms with van der Waals surface area (Å²) in [7, 11) is 0. The molecule has 6 aliphatic carbocycles. The number of hydrogen-bond donors (Lipinski definition) is 1. The summed E-state index contributed by atoms with van der Waals surface area (Å²) in [5, 5.41) is 9.55. The molecule has 0 aromatic carbocycles. The van der Waals surface area contributed by atoms with E-state index in [0.29, 0.717) is 11.5 Å². The smallest absolute Gasteiger partial charge is 0.330 e. The summed E-state index contributed by atoms with van der Waals surface area (Å²) in [6.07, 6.45) is 16.8. The van der Waals surface area contributed by atoms with E-state index in [1.165, 1.54) is 70.6 Å². The lowest BCUT2D eigenvalue weighted by Crippen LogP contribution is -2.33. The van der Waals surface area contributed by atoms with Gasteiger partial charge in [0.05, 0.1) is 0 Å².